The minimum absolute atomic E-state index is 0. The van der Waals surface area contributed by atoms with E-state index in [1.807, 2.05) is 44.1 Å². The number of amides is 1. The molecule has 3 aliphatic rings. The first-order valence-electron chi connectivity index (χ1n) is 30.8. The molecular formula is C65H67F2LiN22O9. The van der Waals surface area contributed by atoms with Crippen molar-refractivity contribution in [2.45, 2.75) is 95.9 Å². The van der Waals surface area contributed by atoms with Crippen molar-refractivity contribution in [3.8, 4) is 22.9 Å². The third kappa shape index (κ3) is 16.5. The number of rotatable bonds is 20. The summed E-state index contributed by atoms with van der Waals surface area (Å²) in [5.41, 5.74) is 17.0. The Hall–Kier alpha value is -11.4. The summed E-state index contributed by atoms with van der Waals surface area (Å²) in [5.74, 6) is -0.626. The number of aromatic nitrogens is 20. The Morgan fingerprint density at radius 3 is 1.34 bits per heavy atom. The number of fused-ring (bicyclic) bond motifs is 3. The topological polar surface area (TPSA) is 391 Å². The van der Waals surface area contributed by atoms with Crippen molar-refractivity contribution in [2.24, 2.45) is 5.73 Å². The van der Waals surface area contributed by atoms with E-state index in [1.165, 1.54) is 116 Å². The summed E-state index contributed by atoms with van der Waals surface area (Å²) in [5, 5.41) is 33.2. The van der Waals surface area contributed by atoms with E-state index in [-0.39, 0.29) is 71.4 Å². The van der Waals surface area contributed by atoms with Crippen LogP contribution in [-0.4, -0.2) is 152 Å². The number of nitrogens with zero attached hydrogens (tertiary/aromatic N) is 20. The molecule has 0 bridgehead atoms. The third-order valence-electron chi connectivity index (χ3n) is 16.2. The molecule has 0 spiro atoms. The number of carbonyl (C=O) groups is 3. The fraction of sp³-hybridized carbons (Fsp3) is 0.277. The van der Waals surface area contributed by atoms with E-state index in [4.69, 9.17) is 25.1 Å². The molecule has 3 fully saturated rings. The van der Waals surface area contributed by atoms with Crippen molar-refractivity contribution in [3.05, 3.63) is 222 Å². The number of tetrazole rings is 2. The number of benzene rings is 2. The number of halogens is 2. The first-order valence-corrected chi connectivity index (χ1v) is 30.8. The Morgan fingerprint density at radius 2 is 0.960 bits per heavy atom. The van der Waals surface area contributed by atoms with E-state index in [2.05, 4.69) is 114 Å². The maximum atomic E-state index is 15.0. The number of hydrogen-bond acceptors (Lipinski definition) is 20. The van der Waals surface area contributed by atoms with Crippen LogP contribution in [0.2, 0.25) is 0 Å². The second-order valence-electron chi connectivity index (χ2n) is 23.1. The van der Waals surface area contributed by atoms with E-state index < -0.39 is 29.5 Å². The minimum atomic E-state index is -1.02. The molecule has 99 heavy (non-hydrogen) atoms. The number of methoxy groups -OCH3 is 2. The number of carboxylic acids is 1. The van der Waals surface area contributed by atoms with Gasteiger partial charge in [-0.2, -0.15) is 0 Å². The molecule has 506 valence electrons. The van der Waals surface area contributed by atoms with E-state index in [9.17, 15) is 23.2 Å². The van der Waals surface area contributed by atoms with Crippen LogP contribution in [0.15, 0.2) is 148 Å². The Balaban J connectivity index is 0.000000148. The quantitative estimate of drug-likeness (QED) is 0.0725. The molecule has 2 aromatic carbocycles. The zero-order valence-electron chi connectivity index (χ0n) is 54.2. The number of pyridine rings is 3. The van der Waals surface area contributed by atoms with Crippen molar-refractivity contribution < 1.29 is 72.3 Å². The van der Waals surface area contributed by atoms with E-state index >= 15 is 0 Å². The van der Waals surface area contributed by atoms with Gasteiger partial charge >= 0.3 is 30.8 Å². The fourth-order valence-corrected chi connectivity index (χ4v) is 10.9. The molecule has 3 aliphatic carbocycles. The van der Waals surface area contributed by atoms with Crippen molar-refractivity contribution in [1.82, 2.24) is 103 Å². The molecule has 13 aromatic rings. The molecule has 0 atom stereocenters. The van der Waals surface area contributed by atoms with Gasteiger partial charge in [0.1, 0.15) is 35.3 Å². The summed E-state index contributed by atoms with van der Waals surface area (Å²) < 4.78 is 57.9. The Labute approximate surface area is 574 Å². The van der Waals surface area contributed by atoms with Crippen LogP contribution in [0.5, 0.6) is 11.5 Å². The van der Waals surface area contributed by atoms with Crippen molar-refractivity contribution in [1.29, 1.82) is 0 Å². The number of hydrogen-bond donors (Lipinski definition) is 3. The van der Waals surface area contributed by atoms with Crippen LogP contribution in [0.3, 0.4) is 0 Å². The van der Waals surface area contributed by atoms with Gasteiger partial charge in [-0.05, 0) is 143 Å². The number of aromatic carboxylic acids is 1. The van der Waals surface area contributed by atoms with Crippen LogP contribution in [0.25, 0.3) is 28.3 Å². The standard InChI is InChI=1S/C24H22FN9O2.C17H18N4O2.C15H14N4O2.C9H10FN5O.Li.2H2O/c1-36-21-6-5-20(34-14-28-30-31-34)18(23(21)25)8-26-24(35)19-12-32(13-27-19)10-17-11-33-9-16(15-2-3-15)4-7-22(33)29-17;1-2-23-17(22)15-10-20(11-18-15)8-14-9-21-7-13(12-3-4-12)5-6-16(21)19-14;20-15(21)13-8-18(9-16-13)6-12-7-19-5-11(10-1-2-10)3-4-14(19)17-12;1-16-8-3-2-7(6(4-11)9(8)10)15-5-12-13-14-15;;;/h4-7,9,11-15H,2-3,8,10H2,1H3,(H,26,35);5-7,9-12H,2-4,8H2,1H3;3-5,7-10H,1-2,6H2,(H,20,21);2-3,5H,4,11H2,1H3;;2*1H2/q;;;;+1;;/p-1. The van der Waals surface area contributed by atoms with E-state index in [0.717, 1.165) is 39.9 Å². The first-order chi connectivity index (χ1) is 46.8. The summed E-state index contributed by atoms with van der Waals surface area (Å²) in [6, 6.07) is 18.8. The molecule has 16 rings (SSSR count). The number of esters is 1. The summed E-state index contributed by atoms with van der Waals surface area (Å²) in [4.78, 5) is 61.2. The van der Waals surface area contributed by atoms with Gasteiger partial charge in [0, 0.05) is 80.0 Å². The number of nitrogens with two attached hydrogens (primary N) is 1. The van der Waals surface area contributed by atoms with Gasteiger partial charge in [-0.25, -0.2) is 57.6 Å². The first kappa shape index (κ1) is 70.4. The molecule has 34 heteroatoms. The predicted octanol–water partition coefficient (Wildman–Crippen LogP) is 3.57. The van der Waals surface area contributed by atoms with E-state index in [0.29, 0.717) is 60.7 Å². The average molecular weight is 1350 g/mol. The zero-order chi connectivity index (χ0) is 66.4. The van der Waals surface area contributed by atoms with Gasteiger partial charge in [0.15, 0.2) is 34.5 Å². The largest absolute Gasteiger partial charge is 1.00 e. The monoisotopic (exact) mass is 1340 g/mol. The number of carbonyl (C=O) groups excluding carboxylic acids is 2. The molecule has 7 N–H and O–H groups in total. The van der Waals surface area contributed by atoms with Crippen LogP contribution in [0, 0.1) is 11.6 Å². The summed E-state index contributed by atoms with van der Waals surface area (Å²) in [7, 11) is 2.77. The van der Waals surface area contributed by atoms with Crippen LogP contribution in [0.4, 0.5) is 8.78 Å². The second kappa shape index (κ2) is 31.2. The van der Waals surface area contributed by atoms with Gasteiger partial charge in [-0.3, -0.25) is 4.79 Å². The minimum Gasteiger partial charge on any atom is -0.870 e. The summed E-state index contributed by atoms with van der Waals surface area (Å²) in [6.45, 7) is 3.61. The maximum Gasteiger partial charge on any atom is 1.00 e. The van der Waals surface area contributed by atoms with Crippen molar-refractivity contribution >= 4 is 34.8 Å². The molecule has 0 unspecified atom stereocenters. The molecule has 3 saturated carbocycles. The fourth-order valence-electron chi connectivity index (χ4n) is 10.9. The maximum absolute atomic E-state index is 15.0. The SMILES string of the molecule is CCOC(=O)c1cn(Cc2cn3cc(C4CC4)ccc3n2)cn1.COc1ccc(-n2cnnn2)c(CN)c1F.COc1ccc(-n2cnnn2)c(CNC(=O)c2cn(Cc3cn4cc(C5CC5)ccc4n3)cn2)c1F.O.O=C(O)c1cn(Cc2cn3cc(C4CC4)ccc3n2)cn1.[Li+].[OH-]. The van der Waals surface area contributed by atoms with Gasteiger partial charge in [-0.1, -0.05) is 18.2 Å². The summed E-state index contributed by atoms with van der Waals surface area (Å²) in [6.07, 6.45) is 32.4. The van der Waals surface area contributed by atoms with Crippen LogP contribution in [0.1, 0.15) is 140 Å². The summed E-state index contributed by atoms with van der Waals surface area (Å²) >= 11 is 0. The molecule has 11 heterocycles. The molecule has 31 nitrogen and oxygen atoms in total. The molecule has 0 aliphatic heterocycles. The number of imidazole rings is 6. The molecule has 11 aromatic heterocycles. The Bertz CT molecular complexity index is 4920. The van der Waals surface area contributed by atoms with Crippen LogP contribution in [-0.2, 0) is 37.5 Å². The van der Waals surface area contributed by atoms with Gasteiger partial charge < -0.3 is 68.2 Å². The van der Waals surface area contributed by atoms with Crippen LogP contribution < -0.4 is 39.4 Å². The smallest absolute Gasteiger partial charge is 0.870 e. The van der Waals surface area contributed by atoms with Gasteiger partial charge in [-0.15, -0.1) is 10.2 Å². The number of carboxylic acid groups (broad SMARTS) is 1. The zero-order valence-corrected chi connectivity index (χ0v) is 54.2. The molecule has 1 amide bonds. The Morgan fingerprint density at radius 1 is 0.556 bits per heavy atom. The number of nitrogens with one attached hydrogen (secondary N) is 1. The normalized spacial score (nSPS) is 12.9. The second-order valence-corrected chi connectivity index (χ2v) is 23.1. The van der Waals surface area contributed by atoms with Gasteiger partial charge in [0.25, 0.3) is 5.91 Å². The van der Waals surface area contributed by atoms with Gasteiger partial charge in [0.05, 0.1) is 87.9 Å². The molecule has 0 radical (unpaired) electrons. The van der Waals surface area contributed by atoms with Gasteiger partial charge in [0.2, 0.25) is 0 Å². The van der Waals surface area contributed by atoms with Crippen molar-refractivity contribution in [2.75, 3.05) is 20.8 Å². The number of ether oxygens (including phenoxy) is 3. The van der Waals surface area contributed by atoms with E-state index in [1.54, 1.807) is 53.2 Å². The molecular weight excluding hydrogens is 1280 g/mol. The van der Waals surface area contributed by atoms with Crippen LogP contribution >= 0.6 is 0 Å². The van der Waals surface area contributed by atoms with Crippen molar-refractivity contribution in [3.63, 3.8) is 0 Å². The third-order valence-corrected chi connectivity index (χ3v) is 16.2. The average Bonchev–Trinajstić information content (AvgIpc) is 1.79. The Kier molecular flexibility index (Phi) is 22.2. The predicted molar refractivity (Wildman–Crippen MR) is 344 cm³/mol. The molecule has 0 saturated heterocycles.